The fraction of sp³-hybridized carbons (Fsp3) is 1.00. The monoisotopic (exact) mass is 252 g/mol. The Morgan fingerprint density at radius 3 is 2.33 bits per heavy atom. The first-order chi connectivity index (χ1) is 8.39. The summed E-state index contributed by atoms with van der Waals surface area (Å²) in [5.74, 6) is 0.920. The van der Waals surface area contributed by atoms with Crippen molar-refractivity contribution in [3.05, 3.63) is 0 Å². The van der Waals surface area contributed by atoms with Crippen LogP contribution in [0.5, 0.6) is 0 Å². The summed E-state index contributed by atoms with van der Waals surface area (Å²) >= 11 is 0. The molecule has 2 nitrogen and oxygen atoms in total. The van der Waals surface area contributed by atoms with Crippen LogP contribution >= 0.6 is 0 Å². The molecule has 2 rings (SSSR count). The normalized spacial score (nSPS) is 32.3. The molecule has 0 spiro atoms. The van der Waals surface area contributed by atoms with Gasteiger partial charge in [0.05, 0.1) is 0 Å². The molecule has 0 radical (unpaired) electrons. The molecule has 0 amide bonds. The topological polar surface area (TPSA) is 24.1 Å². The third-order valence-corrected chi connectivity index (χ3v) is 5.25. The van der Waals surface area contributed by atoms with Gasteiger partial charge < -0.3 is 10.6 Å². The van der Waals surface area contributed by atoms with Gasteiger partial charge in [-0.1, -0.05) is 27.7 Å². The number of nitrogens with one attached hydrogen (secondary N) is 2. The molecule has 1 saturated heterocycles. The van der Waals surface area contributed by atoms with E-state index in [4.69, 9.17) is 0 Å². The molecule has 0 aromatic rings. The van der Waals surface area contributed by atoms with Crippen LogP contribution in [0.25, 0.3) is 0 Å². The lowest BCUT2D eigenvalue weighted by Crippen LogP contribution is -2.53. The first-order valence-electron chi connectivity index (χ1n) is 7.83. The van der Waals surface area contributed by atoms with E-state index in [0.29, 0.717) is 16.9 Å². The molecule has 0 aromatic carbocycles. The highest BCUT2D eigenvalue weighted by molar-refractivity contribution is 4.91. The average molecular weight is 252 g/mol. The maximum Gasteiger partial charge on any atom is 0.0142 e. The summed E-state index contributed by atoms with van der Waals surface area (Å²) in [5, 5.41) is 7.38. The molecule has 0 bridgehead atoms. The minimum Gasteiger partial charge on any atom is -0.316 e. The number of rotatable bonds is 3. The minimum absolute atomic E-state index is 0.409. The van der Waals surface area contributed by atoms with Crippen molar-refractivity contribution in [1.82, 2.24) is 10.6 Å². The number of hydrogen-bond donors (Lipinski definition) is 2. The van der Waals surface area contributed by atoms with Crippen molar-refractivity contribution in [1.29, 1.82) is 0 Å². The lowest BCUT2D eigenvalue weighted by molar-refractivity contribution is 0.152. The number of piperidine rings is 1. The van der Waals surface area contributed by atoms with Gasteiger partial charge >= 0.3 is 0 Å². The summed E-state index contributed by atoms with van der Waals surface area (Å²) in [7, 11) is 0. The molecule has 1 atom stereocenters. The molecule has 1 heterocycles. The van der Waals surface area contributed by atoms with Crippen molar-refractivity contribution in [3.8, 4) is 0 Å². The molecule has 106 valence electrons. The first-order valence-corrected chi connectivity index (χ1v) is 7.83. The van der Waals surface area contributed by atoms with E-state index in [1.54, 1.807) is 0 Å². The molecule has 0 aromatic heterocycles. The van der Waals surface area contributed by atoms with Gasteiger partial charge in [-0.25, -0.2) is 0 Å². The maximum absolute atomic E-state index is 3.87. The molecule has 1 aliphatic heterocycles. The van der Waals surface area contributed by atoms with Crippen LogP contribution in [0.15, 0.2) is 0 Å². The van der Waals surface area contributed by atoms with Gasteiger partial charge in [-0.15, -0.1) is 0 Å². The van der Waals surface area contributed by atoms with Gasteiger partial charge in [0.2, 0.25) is 0 Å². The van der Waals surface area contributed by atoms with Gasteiger partial charge in [0.25, 0.3) is 0 Å². The zero-order valence-electron chi connectivity index (χ0n) is 12.8. The van der Waals surface area contributed by atoms with Gasteiger partial charge in [-0.05, 0) is 61.9 Å². The first kappa shape index (κ1) is 14.3. The van der Waals surface area contributed by atoms with Crippen LogP contribution in [0.3, 0.4) is 0 Å². The van der Waals surface area contributed by atoms with Crippen LogP contribution in [0.1, 0.15) is 59.8 Å². The average Bonchev–Trinajstić information content (AvgIpc) is 2.29. The Labute approximate surface area is 113 Å². The maximum atomic E-state index is 3.87. The number of hydrogen-bond acceptors (Lipinski definition) is 2. The van der Waals surface area contributed by atoms with Crippen molar-refractivity contribution in [2.45, 2.75) is 65.8 Å². The van der Waals surface area contributed by atoms with Crippen molar-refractivity contribution < 1.29 is 0 Å². The lowest BCUT2D eigenvalue weighted by Gasteiger charge is -2.41. The SMILES string of the molecule is CC1(C)CCC(CNC2CCNCC2(C)C)CC1. The minimum atomic E-state index is 0.409. The standard InChI is InChI=1S/C16H32N2/c1-15(2)8-5-13(6-9-15)11-18-14-7-10-17-12-16(14,3)4/h13-14,17-18H,5-12H2,1-4H3. The van der Waals surface area contributed by atoms with Crippen LogP contribution in [0, 0.1) is 16.7 Å². The van der Waals surface area contributed by atoms with E-state index in [1.165, 1.54) is 45.2 Å². The molecular weight excluding hydrogens is 220 g/mol. The second kappa shape index (κ2) is 5.50. The summed E-state index contributed by atoms with van der Waals surface area (Å²) in [4.78, 5) is 0. The second-order valence-corrected chi connectivity index (χ2v) is 8.02. The summed E-state index contributed by atoms with van der Waals surface area (Å²) in [5.41, 5.74) is 1.01. The molecule has 2 fully saturated rings. The predicted molar refractivity (Wildman–Crippen MR) is 78.8 cm³/mol. The zero-order valence-corrected chi connectivity index (χ0v) is 12.8. The van der Waals surface area contributed by atoms with Crippen LogP contribution in [0.2, 0.25) is 0 Å². The van der Waals surface area contributed by atoms with E-state index in [1.807, 2.05) is 0 Å². The Balaban J connectivity index is 1.75. The van der Waals surface area contributed by atoms with Crippen LogP contribution in [-0.4, -0.2) is 25.7 Å². The summed E-state index contributed by atoms with van der Waals surface area (Å²) in [6, 6.07) is 0.702. The second-order valence-electron chi connectivity index (χ2n) is 8.02. The fourth-order valence-corrected chi connectivity index (χ4v) is 3.52. The van der Waals surface area contributed by atoms with Gasteiger partial charge in [-0.3, -0.25) is 0 Å². The summed E-state index contributed by atoms with van der Waals surface area (Å²) < 4.78 is 0. The van der Waals surface area contributed by atoms with Gasteiger partial charge in [0, 0.05) is 12.6 Å². The van der Waals surface area contributed by atoms with E-state index in [0.717, 1.165) is 12.5 Å². The van der Waals surface area contributed by atoms with Crippen molar-refractivity contribution >= 4 is 0 Å². The van der Waals surface area contributed by atoms with Gasteiger partial charge in [0.1, 0.15) is 0 Å². The molecule has 2 aliphatic rings. The van der Waals surface area contributed by atoms with Crippen molar-refractivity contribution in [2.75, 3.05) is 19.6 Å². The fourth-order valence-electron chi connectivity index (χ4n) is 3.52. The highest BCUT2D eigenvalue weighted by Gasteiger charge is 2.33. The molecule has 1 aliphatic carbocycles. The van der Waals surface area contributed by atoms with Gasteiger partial charge in [0.15, 0.2) is 0 Å². The largest absolute Gasteiger partial charge is 0.316 e. The predicted octanol–water partition coefficient (Wildman–Crippen LogP) is 3.18. The van der Waals surface area contributed by atoms with Crippen LogP contribution in [0.4, 0.5) is 0 Å². The van der Waals surface area contributed by atoms with E-state index >= 15 is 0 Å². The van der Waals surface area contributed by atoms with Crippen LogP contribution in [-0.2, 0) is 0 Å². The van der Waals surface area contributed by atoms with Crippen molar-refractivity contribution in [3.63, 3.8) is 0 Å². The summed E-state index contributed by atoms with van der Waals surface area (Å²) in [6.45, 7) is 13.2. The quantitative estimate of drug-likeness (QED) is 0.806. The summed E-state index contributed by atoms with van der Waals surface area (Å²) in [6.07, 6.45) is 6.95. The molecule has 18 heavy (non-hydrogen) atoms. The van der Waals surface area contributed by atoms with Crippen LogP contribution < -0.4 is 10.6 Å². The Hall–Kier alpha value is -0.0800. The highest BCUT2D eigenvalue weighted by Crippen LogP contribution is 2.38. The molecule has 2 N–H and O–H groups in total. The van der Waals surface area contributed by atoms with E-state index in [2.05, 4.69) is 38.3 Å². The van der Waals surface area contributed by atoms with E-state index < -0.39 is 0 Å². The van der Waals surface area contributed by atoms with Crippen molar-refractivity contribution in [2.24, 2.45) is 16.7 Å². The molecule has 1 saturated carbocycles. The lowest BCUT2D eigenvalue weighted by atomic mass is 9.73. The Morgan fingerprint density at radius 2 is 1.72 bits per heavy atom. The Kier molecular flexibility index (Phi) is 4.38. The molecule has 2 heteroatoms. The third-order valence-electron chi connectivity index (χ3n) is 5.25. The highest BCUT2D eigenvalue weighted by atomic mass is 15.0. The third kappa shape index (κ3) is 3.71. The molecule has 1 unspecified atom stereocenters. The smallest absolute Gasteiger partial charge is 0.0142 e. The van der Waals surface area contributed by atoms with E-state index in [9.17, 15) is 0 Å². The Morgan fingerprint density at radius 1 is 1.06 bits per heavy atom. The van der Waals surface area contributed by atoms with Gasteiger partial charge in [-0.2, -0.15) is 0 Å². The van der Waals surface area contributed by atoms with E-state index in [-0.39, 0.29) is 0 Å². The molecular formula is C16H32N2. The zero-order chi connectivity index (χ0) is 13.2. The Bertz CT molecular complexity index is 260.